The molecule has 0 aliphatic heterocycles. The zero-order valence-corrected chi connectivity index (χ0v) is 12.5. The van der Waals surface area contributed by atoms with Crippen LogP contribution >= 0.6 is 0 Å². The number of methoxy groups -OCH3 is 2. The standard InChI is InChI=1S/C19H18O2/c1-13-8-17(12-19(9-13)21-3)15-4-5-16-11-18(20-2)7-6-14(16)10-15/h4-12H,1-3H3. The molecule has 0 amide bonds. The van der Waals surface area contributed by atoms with Crippen LogP contribution in [0.1, 0.15) is 5.56 Å². The van der Waals surface area contributed by atoms with Crippen LogP contribution in [0.15, 0.2) is 54.6 Å². The average Bonchev–Trinajstić information content (AvgIpc) is 2.53. The molecule has 3 aromatic rings. The zero-order chi connectivity index (χ0) is 14.8. The van der Waals surface area contributed by atoms with Crippen molar-refractivity contribution in [3.8, 4) is 22.6 Å². The van der Waals surface area contributed by atoms with Crippen LogP contribution in [0.25, 0.3) is 21.9 Å². The molecule has 3 rings (SSSR count). The molecule has 21 heavy (non-hydrogen) atoms. The summed E-state index contributed by atoms with van der Waals surface area (Å²) in [5.41, 5.74) is 3.55. The second-order valence-corrected chi connectivity index (χ2v) is 5.17. The molecule has 106 valence electrons. The van der Waals surface area contributed by atoms with E-state index >= 15 is 0 Å². The third-order valence-electron chi connectivity index (χ3n) is 3.67. The molecule has 0 aromatic heterocycles. The lowest BCUT2D eigenvalue weighted by molar-refractivity contribution is 0.414. The smallest absolute Gasteiger partial charge is 0.119 e. The van der Waals surface area contributed by atoms with E-state index in [0.717, 1.165) is 11.5 Å². The van der Waals surface area contributed by atoms with Gasteiger partial charge in [0, 0.05) is 0 Å². The van der Waals surface area contributed by atoms with Crippen LogP contribution in [-0.4, -0.2) is 14.2 Å². The average molecular weight is 278 g/mol. The second kappa shape index (κ2) is 5.49. The molecule has 3 aromatic carbocycles. The van der Waals surface area contributed by atoms with Crippen LogP contribution < -0.4 is 9.47 Å². The molecule has 0 saturated heterocycles. The Morgan fingerprint density at radius 1 is 0.619 bits per heavy atom. The minimum atomic E-state index is 0.882. The molecule has 0 atom stereocenters. The molecular formula is C19H18O2. The fourth-order valence-electron chi connectivity index (χ4n) is 2.56. The summed E-state index contributed by atoms with van der Waals surface area (Å²) in [6.45, 7) is 2.08. The molecule has 0 fully saturated rings. The number of hydrogen-bond acceptors (Lipinski definition) is 2. The highest BCUT2D eigenvalue weighted by atomic mass is 16.5. The van der Waals surface area contributed by atoms with Crippen molar-refractivity contribution < 1.29 is 9.47 Å². The van der Waals surface area contributed by atoms with E-state index in [-0.39, 0.29) is 0 Å². The maximum atomic E-state index is 5.36. The molecule has 0 radical (unpaired) electrons. The van der Waals surface area contributed by atoms with E-state index in [1.165, 1.54) is 27.5 Å². The molecule has 0 unspecified atom stereocenters. The Kier molecular flexibility index (Phi) is 3.53. The SMILES string of the molecule is COc1cc(C)cc(-c2ccc3cc(OC)ccc3c2)c1. The summed E-state index contributed by atoms with van der Waals surface area (Å²) < 4.78 is 10.6. The number of hydrogen-bond donors (Lipinski definition) is 0. The normalized spacial score (nSPS) is 10.6. The quantitative estimate of drug-likeness (QED) is 0.683. The zero-order valence-electron chi connectivity index (χ0n) is 12.5. The first-order valence-electron chi connectivity index (χ1n) is 6.93. The van der Waals surface area contributed by atoms with Gasteiger partial charge in [-0.05, 0) is 64.7 Å². The van der Waals surface area contributed by atoms with Crippen molar-refractivity contribution in [2.75, 3.05) is 14.2 Å². The molecule has 0 heterocycles. The Bertz CT molecular complexity index is 791. The lowest BCUT2D eigenvalue weighted by atomic mass is 9.99. The van der Waals surface area contributed by atoms with E-state index in [4.69, 9.17) is 9.47 Å². The van der Waals surface area contributed by atoms with E-state index < -0.39 is 0 Å². The van der Waals surface area contributed by atoms with Crippen LogP contribution in [0.2, 0.25) is 0 Å². The summed E-state index contributed by atoms with van der Waals surface area (Å²) >= 11 is 0. The van der Waals surface area contributed by atoms with Gasteiger partial charge in [-0.3, -0.25) is 0 Å². The van der Waals surface area contributed by atoms with Gasteiger partial charge in [-0.1, -0.05) is 24.3 Å². The molecule has 0 aliphatic carbocycles. The fraction of sp³-hybridized carbons (Fsp3) is 0.158. The first-order valence-corrected chi connectivity index (χ1v) is 6.93. The van der Waals surface area contributed by atoms with E-state index in [2.05, 4.69) is 49.4 Å². The minimum Gasteiger partial charge on any atom is -0.497 e. The van der Waals surface area contributed by atoms with Crippen molar-refractivity contribution in [1.82, 2.24) is 0 Å². The Morgan fingerprint density at radius 2 is 1.33 bits per heavy atom. The van der Waals surface area contributed by atoms with Gasteiger partial charge in [-0.25, -0.2) is 0 Å². The lowest BCUT2D eigenvalue weighted by Crippen LogP contribution is -1.87. The van der Waals surface area contributed by atoms with Gasteiger partial charge in [-0.15, -0.1) is 0 Å². The molecule has 0 saturated carbocycles. The summed E-state index contributed by atoms with van der Waals surface area (Å²) in [5, 5.41) is 2.38. The maximum Gasteiger partial charge on any atom is 0.119 e. The highest BCUT2D eigenvalue weighted by molar-refractivity contribution is 5.88. The molecule has 0 aliphatic rings. The first-order chi connectivity index (χ1) is 10.2. The van der Waals surface area contributed by atoms with Gasteiger partial charge in [-0.2, -0.15) is 0 Å². The molecular weight excluding hydrogens is 260 g/mol. The number of rotatable bonds is 3. The van der Waals surface area contributed by atoms with Crippen molar-refractivity contribution in [3.63, 3.8) is 0 Å². The van der Waals surface area contributed by atoms with Crippen LogP contribution in [0.5, 0.6) is 11.5 Å². The van der Waals surface area contributed by atoms with Crippen LogP contribution in [0.3, 0.4) is 0 Å². The van der Waals surface area contributed by atoms with E-state index in [1.807, 2.05) is 12.1 Å². The second-order valence-electron chi connectivity index (χ2n) is 5.17. The third-order valence-corrected chi connectivity index (χ3v) is 3.67. The van der Waals surface area contributed by atoms with E-state index in [1.54, 1.807) is 14.2 Å². The monoisotopic (exact) mass is 278 g/mol. The van der Waals surface area contributed by atoms with Crippen molar-refractivity contribution in [2.45, 2.75) is 6.92 Å². The predicted molar refractivity (Wildman–Crippen MR) is 87.2 cm³/mol. The van der Waals surface area contributed by atoms with Crippen molar-refractivity contribution >= 4 is 10.8 Å². The number of benzene rings is 3. The Morgan fingerprint density at radius 3 is 2.10 bits per heavy atom. The lowest BCUT2D eigenvalue weighted by Gasteiger charge is -2.09. The summed E-state index contributed by atoms with van der Waals surface area (Å²) in [7, 11) is 3.39. The molecule has 0 N–H and O–H groups in total. The van der Waals surface area contributed by atoms with Gasteiger partial charge in [0.25, 0.3) is 0 Å². The van der Waals surface area contributed by atoms with E-state index in [0.29, 0.717) is 0 Å². The van der Waals surface area contributed by atoms with Crippen molar-refractivity contribution in [3.05, 3.63) is 60.2 Å². The van der Waals surface area contributed by atoms with Crippen LogP contribution in [0, 0.1) is 6.92 Å². The van der Waals surface area contributed by atoms with E-state index in [9.17, 15) is 0 Å². The number of aryl methyl sites for hydroxylation is 1. The summed E-state index contributed by atoms with van der Waals surface area (Å²) in [6.07, 6.45) is 0. The largest absolute Gasteiger partial charge is 0.497 e. The van der Waals surface area contributed by atoms with Gasteiger partial charge < -0.3 is 9.47 Å². The number of fused-ring (bicyclic) bond motifs is 1. The van der Waals surface area contributed by atoms with Gasteiger partial charge >= 0.3 is 0 Å². The molecule has 2 heteroatoms. The minimum absolute atomic E-state index is 0.882. The van der Waals surface area contributed by atoms with Crippen molar-refractivity contribution in [1.29, 1.82) is 0 Å². The summed E-state index contributed by atoms with van der Waals surface area (Å²) in [6, 6.07) is 18.9. The topological polar surface area (TPSA) is 18.5 Å². The Labute approximate surface area is 124 Å². The number of ether oxygens (including phenoxy) is 2. The fourth-order valence-corrected chi connectivity index (χ4v) is 2.56. The molecule has 0 spiro atoms. The van der Waals surface area contributed by atoms with Crippen molar-refractivity contribution in [2.24, 2.45) is 0 Å². The highest BCUT2D eigenvalue weighted by Crippen LogP contribution is 2.29. The maximum absolute atomic E-state index is 5.36. The summed E-state index contributed by atoms with van der Waals surface area (Å²) in [5.74, 6) is 1.77. The Balaban J connectivity index is 2.10. The Hall–Kier alpha value is -2.48. The highest BCUT2D eigenvalue weighted by Gasteiger charge is 2.04. The van der Waals surface area contributed by atoms with Crippen LogP contribution in [-0.2, 0) is 0 Å². The predicted octanol–water partition coefficient (Wildman–Crippen LogP) is 4.83. The van der Waals surface area contributed by atoms with Crippen LogP contribution in [0.4, 0.5) is 0 Å². The van der Waals surface area contributed by atoms with Gasteiger partial charge in [0.2, 0.25) is 0 Å². The molecule has 2 nitrogen and oxygen atoms in total. The first kappa shape index (κ1) is 13.5. The molecule has 0 bridgehead atoms. The van der Waals surface area contributed by atoms with Gasteiger partial charge in [0.15, 0.2) is 0 Å². The summed E-state index contributed by atoms with van der Waals surface area (Å²) in [4.78, 5) is 0. The van der Waals surface area contributed by atoms with Gasteiger partial charge in [0.1, 0.15) is 11.5 Å². The van der Waals surface area contributed by atoms with Gasteiger partial charge in [0.05, 0.1) is 14.2 Å². The third kappa shape index (κ3) is 2.70.